The summed E-state index contributed by atoms with van der Waals surface area (Å²) in [6.07, 6.45) is 0. The minimum atomic E-state index is -0.264. The van der Waals surface area contributed by atoms with Crippen LogP contribution in [0.3, 0.4) is 0 Å². The Morgan fingerprint density at radius 3 is 2.41 bits per heavy atom. The number of methoxy groups -OCH3 is 1. The minimum Gasteiger partial charge on any atom is -0.467 e. The van der Waals surface area contributed by atoms with E-state index in [2.05, 4.69) is 20.1 Å². The van der Waals surface area contributed by atoms with Gasteiger partial charge in [0.1, 0.15) is 0 Å². The molecule has 0 unspecified atom stereocenters. The van der Waals surface area contributed by atoms with Gasteiger partial charge in [-0.2, -0.15) is 9.97 Å². The molecule has 0 aliphatic heterocycles. The maximum absolute atomic E-state index is 12.1. The third-order valence-electron chi connectivity index (χ3n) is 3.45. The number of benzene rings is 1. The van der Waals surface area contributed by atoms with Crippen LogP contribution >= 0.6 is 11.6 Å². The number of aromatic nitrogens is 5. The van der Waals surface area contributed by atoms with E-state index in [4.69, 9.17) is 21.1 Å². The summed E-state index contributed by atoms with van der Waals surface area (Å²) in [6, 6.07) is 10.1. The molecular formula is C17H17ClN6O3. The summed E-state index contributed by atoms with van der Waals surface area (Å²) in [7, 11) is 5.01. The average molecular weight is 389 g/mol. The fourth-order valence-electron chi connectivity index (χ4n) is 2.12. The normalized spacial score (nSPS) is 10.5. The first-order valence-electron chi connectivity index (χ1n) is 7.92. The Hall–Kier alpha value is -3.20. The van der Waals surface area contributed by atoms with Crippen molar-refractivity contribution in [1.29, 1.82) is 0 Å². The number of anilines is 1. The van der Waals surface area contributed by atoms with Crippen molar-refractivity contribution in [3.63, 3.8) is 0 Å². The number of halogens is 1. The molecule has 0 saturated carbocycles. The highest BCUT2D eigenvalue weighted by Gasteiger charge is 2.12. The second-order valence-electron chi connectivity index (χ2n) is 5.70. The third kappa shape index (κ3) is 4.70. The quantitative estimate of drug-likeness (QED) is 0.632. The molecule has 0 aliphatic rings. The molecule has 0 bridgehead atoms. The third-order valence-corrected chi connectivity index (χ3v) is 3.70. The molecule has 0 radical (unpaired) electrons. The van der Waals surface area contributed by atoms with Crippen LogP contribution in [0.5, 0.6) is 17.9 Å². The first-order chi connectivity index (χ1) is 12.9. The van der Waals surface area contributed by atoms with Crippen LogP contribution < -0.4 is 19.9 Å². The summed E-state index contributed by atoms with van der Waals surface area (Å²) >= 11 is 5.88. The van der Waals surface area contributed by atoms with Gasteiger partial charge in [0.2, 0.25) is 11.8 Å². The van der Waals surface area contributed by atoms with Crippen molar-refractivity contribution < 1.29 is 9.47 Å². The van der Waals surface area contributed by atoms with Crippen LogP contribution in [-0.2, 0) is 6.54 Å². The minimum absolute atomic E-state index is 0.00902. The lowest BCUT2D eigenvalue weighted by Gasteiger charge is -2.12. The van der Waals surface area contributed by atoms with E-state index in [1.807, 2.05) is 12.1 Å². The predicted octanol–water partition coefficient (Wildman–Crippen LogP) is 2.00. The Labute approximate surface area is 160 Å². The zero-order valence-corrected chi connectivity index (χ0v) is 15.7. The summed E-state index contributed by atoms with van der Waals surface area (Å²) in [5, 5.41) is 4.83. The van der Waals surface area contributed by atoms with Crippen LogP contribution in [0.25, 0.3) is 0 Å². The molecule has 27 heavy (non-hydrogen) atoms. The van der Waals surface area contributed by atoms with Crippen LogP contribution in [0.1, 0.15) is 5.56 Å². The molecule has 0 spiro atoms. The zero-order chi connectivity index (χ0) is 19.4. The van der Waals surface area contributed by atoms with Crippen molar-refractivity contribution in [2.75, 3.05) is 26.1 Å². The summed E-state index contributed by atoms with van der Waals surface area (Å²) in [6.45, 7) is 0.274. The van der Waals surface area contributed by atoms with Crippen LogP contribution in [0, 0.1) is 0 Å². The first-order valence-corrected chi connectivity index (χ1v) is 8.30. The predicted molar refractivity (Wildman–Crippen MR) is 99.8 cm³/mol. The topological polar surface area (TPSA) is 95.3 Å². The van der Waals surface area contributed by atoms with Crippen molar-refractivity contribution in [2.24, 2.45) is 0 Å². The summed E-state index contributed by atoms with van der Waals surface area (Å²) in [4.78, 5) is 26.1. The number of nitrogens with zero attached hydrogens (tertiary/aromatic N) is 6. The summed E-state index contributed by atoms with van der Waals surface area (Å²) in [5.41, 5.74) is 0.613. The van der Waals surface area contributed by atoms with Crippen molar-refractivity contribution >= 4 is 17.5 Å². The smallest absolute Gasteiger partial charge is 0.331 e. The number of hydrogen-bond acceptors (Lipinski definition) is 8. The Morgan fingerprint density at radius 2 is 1.74 bits per heavy atom. The van der Waals surface area contributed by atoms with Crippen LogP contribution in [0.15, 0.2) is 41.2 Å². The highest BCUT2D eigenvalue weighted by Crippen LogP contribution is 2.19. The molecule has 3 rings (SSSR count). The maximum atomic E-state index is 12.1. The molecule has 2 aromatic heterocycles. The number of rotatable bonds is 6. The molecule has 0 N–H and O–H groups in total. The molecule has 3 aromatic rings. The zero-order valence-electron chi connectivity index (χ0n) is 15.0. The van der Waals surface area contributed by atoms with Gasteiger partial charge in [-0.05, 0) is 17.7 Å². The summed E-state index contributed by atoms with van der Waals surface area (Å²) in [5.74, 6) is 0.535. The molecule has 0 fully saturated rings. The highest BCUT2D eigenvalue weighted by molar-refractivity contribution is 6.30. The largest absolute Gasteiger partial charge is 0.467 e. The molecule has 9 nitrogen and oxygen atoms in total. The Kier molecular flexibility index (Phi) is 5.51. The van der Waals surface area contributed by atoms with E-state index in [9.17, 15) is 4.79 Å². The van der Waals surface area contributed by atoms with Crippen molar-refractivity contribution in [1.82, 2.24) is 24.7 Å². The Bertz CT molecular complexity index is 991. The maximum Gasteiger partial charge on any atom is 0.331 e. The molecule has 0 amide bonds. The van der Waals surface area contributed by atoms with Gasteiger partial charge in [0.05, 0.1) is 13.7 Å². The van der Waals surface area contributed by atoms with Crippen LogP contribution in [0.4, 0.5) is 5.95 Å². The lowest BCUT2D eigenvalue weighted by Crippen LogP contribution is -2.22. The fraction of sp³-hybridized carbons (Fsp3) is 0.235. The standard InChI is InChI=1S/C17H17ClN6O3/c1-23(2)15-19-16(26-3)21-17(20-15)27-13-8-9-14(25)24(22-13)10-11-4-6-12(18)7-5-11/h4-9H,10H2,1-3H3. The van der Waals surface area contributed by atoms with Crippen molar-refractivity contribution in [2.45, 2.75) is 6.54 Å². The molecule has 0 aliphatic carbocycles. The second kappa shape index (κ2) is 8.00. The SMILES string of the molecule is COc1nc(Oc2ccc(=O)n(Cc3ccc(Cl)cc3)n2)nc(N(C)C)n1. The average Bonchev–Trinajstić information content (AvgIpc) is 2.66. The van der Waals surface area contributed by atoms with Gasteiger partial charge in [-0.15, -0.1) is 10.1 Å². The van der Waals surface area contributed by atoms with Crippen molar-refractivity contribution in [3.8, 4) is 17.9 Å². The first kappa shape index (κ1) is 18.6. The van der Waals surface area contributed by atoms with Gasteiger partial charge in [0.15, 0.2) is 0 Å². The van der Waals surface area contributed by atoms with E-state index in [1.165, 1.54) is 23.9 Å². The fourth-order valence-corrected chi connectivity index (χ4v) is 2.25. The van der Waals surface area contributed by atoms with Gasteiger partial charge in [-0.3, -0.25) is 4.79 Å². The monoisotopic (exact) mass is 388 g/mol. The van der Waals surface area contributed by atoms with Gasteiger partial charge in [-0.25, -0.2) is 4.68 Å². The molecule has 140 valence electrons. The molecular weight excluding hydrogens is 372 g/mol. The molecule has 0 atom stereocenters. The Balaban J connectivity index is 1.87. The number of ether oxygens (including phenoxy) is 2. The van der Waals surface area contributed by atoms with E-state index in [0.717, 1.165) is 5.56 Å². The van der Waals surface area contributed by atoms with E-state index in [1.54, 1.807) is 31.1 Å². The lowest BCUT2D eigenvalue weighted by atomic mass is 10.2. The van der Waals surface area contributed by atoms with Gasteiger partial charge in [-0.1, -0.05) is 23.7 Å². The van der Waals surface area contributed by atoms with E-state index in [0.29, 0.717) is 11.0 Å². The molecule has 2 heterocycles. The second-order valence-corrected chi connectivity index (χ2v) is 6.13. The van der Waals surface area contributed by atoms with Crippen LogP contribution in [-0.4, -0.2) is 45.9 Å². The van der Waals surface area contributed by atoms with E-state index in [-0.39, 0.29) is 30.0 Å². The van der Waals surface area contributed by atoms with Gasteiger partial charge < -0.3 is 14.4 Å². The van der Waals surface area contributed by atoms with E-state index < -0.39 is 0 Å². The van der Waals surface area contributed by atoms with Gasteiger partial charge >= 0.3 is 12.0 Å². The lowest BCUT2D eigenvalue weighted by molar-refractivity contribution is 0.352. The van der Waals surface area contributed by atoms with Gasteiger partial charge in [0, 0.05) is 31.3 Å². The highest BCUT2D eigenvalue weighted by atomic mass is 35.5. The number of hydrogen-bond donors (Lipinski definition) is 0. The summed E-state index contributed by atoms with van der Waals surface area (Å²) < 4.78 is 11.9. The van der Waals surface area contributed by atoms with Gasteiger partial charge in [0.25, 0.3) is 5.56 Å². The molecule has 10 heteroatoms. The Morgan fingerprint density at radius 1 is 1.04 bits per heavy atom. The molecule has 0 saturated heterocycles. The van der Waals surface area contributed by atoms with Crippen molar-refractivity contribution in [3.05, 3.63) is 57.3 Å². The van der Waals surface area contributed by atoms with Crippen LogP contribution in [0.2, 0.25) is 5.02 Å². The van der Waals surface area contributed by atoms with E-state index >= 15 is 0 Å². The molecule has 1 aromatic carbocycles.